The maximum absolute atomic E-state index is 12.2. The number of benzene rings is 2. The Morgan fingerprint density at radius 2 is 1.52 bits per heavy atom. The molecule has 2 N–H and O–H groups in total. The number of phenols is 1. The van der Waals surface area contributed by atoms with E-state index in [0.29, 0.717) is 27.2 Å². The van der Waals surface area contributed by atoms with Gasteiger partial charge in [-0.1, -0.05) is 82.9 Å². The summed E-state index contributed by atoms with van der Waals surface area (Å²) in [6, 6.07) is 9.40. The van der Waals surface area contributed by atoms with Gasteiger partial charge in [-0.3, -0.25) is 4.79 Å². The van der Waals surface area contributed by atoms with Crippen LogP contribution in [0.15, 0.2) is 30.3 Å². The summed E-state index contributed by atoms with van der Waals surface area (Å²) in [4.78, 5) is 12.2. The van der Waals surface area contributed by atoms with E-state index >= 15 is 0 Å². The Morgan fingerprint density at radius 3 is 2.00 bits per heavy atom. The van der Waals surface area contributed by atoms with Crippen LogP contribution in [0.3, 0.4) is 0 Å². The van der Waals surface area contributed by atoms with Gasteiger partial charge in [0.1, 0.15) is 5.75 Å². The van der Waals surface area contributed by atoms with E-state index in [1.54, 1.807) is 30.0 Å². The van der Waals surface area contributed by atoms with Crippen LogP contribution in [-0.4, -0.2) is 22.5 Å². The van der Waals surface area contributed by atoms with Crippen molar-refractivity contribution in [2.75, 3.05) is 16.8 Å². The predicted molar refractivity (Wildman–Crippen MR) is 136 cm³/mol. The first-order chi connectivity index (χ1) is 14.3. The van der Waals surface area contributed by atoms with Crippen molar-refractivity contribution in [3.8, 4) is 5.75 Å². The Hall–Kier alpha value is -1.36. The van der Waals surface area contributed by atoms with Crippen LogP contribution in [0.4, 0.5) is 5.69 Å². The molecule has 0 spiro atoms. The molecule has 0 saturated carbocycles. The van der Waals surface area contributed by atoms with Gasteiger partial charge in [-0.15, -0.1) is 0 Å². The van der Waals surface area contributed by atoms with E-state index in [4.69, 9.17) is 23.2 Å². The van der Waals surface area contributed by atoms with Gasteiger partial charge in [0.15, 0.2) is 0 Å². The number of halogens is 2. The molecule has 2 aromatic rings. The molecule has 31 heavy (non-hydrogen) atoms. The van der Waals surface area contributed by atoms with E-state index in [2.05, 4.69) is 59.0 Å². The minimum absolute atomic E-state index is 0.116. The number of amides is 1. The highest BCUT2D eigenvalue weighted by Crippen LogP contribution is 2.40. The predicted octanol–water partition coefficient (Wildman–Crippen LogP) is 7.60. The maximum Gasteiger partial charge on any atom is 0.234 e. The number of hydrogen-bond acceptors (Lipinski definition) is 3. The first-order valence-corrected chi connectivity index (χ1v) is 12.4. The average Bonchev–Trinajstić information content (AvgIpc) is 2.63. The quantitative estimate of drug-likeness (QED) is 0.400. The van der Waals surface area contributed by atoms with Gasteiger partial charge in [-0.05, 0) is 58.2 Å². The minimum Gasteiger partial charge on any atom is -0.507 e. The minimum atomic E-state index is -0.132. The molecule has 1 amide bonds. The smallest absolute Gasteiger partial charge is 0.234 e. The van der Waals surface area contributed by atoms with E-state index in [9.17, 15) is 9.90 Å². The van der Waals surface area contributed by atoms with Crippen molar-refractivity contribution in [3.63, 3.8) is 0 Å². The first kappa shape index (κ1) is 25.9. The molecule has 0 unspecified atom stereocenters. The lowest BCUT2D eigenvalue weighted by molar-refractivity contribution is -0.113. The Kier molecular flexibility index (Phi) is 8.77. The molecule has 2 rings (SSSR count). The van der Waals surface area contributed by atoms with Crippen LogP contribution in [0, 0.1) is 0 Å². The molecule has 0 saturated heterocycles. The largest absolute Gasteiger partial charge is 0.507 e. The normalized spacial score (nSPS) is 12.1. The van der Waals surface area contributed by atoms with Gasteiger partial charge >= 0.3 is 0 Å². The molecular formula is C25H33Cl2NO2S. The third-order valence-electron chi connectivity index (χ3n) is 5.00. The van der Waals surface area contributed by atoms with Crippen LogP contribution < -0.4 is 5.32 Å². The van der Waals surface area contributed by atoms with Crippen molar-refractivity contribution in [1.29, 1.82) is 0 Å². The molecule has 3 nitrogen and oxygen atoms in total. The van der Waals surface area contributed by atoms with Gasteiger partial charge in [0.25, 0.3) is 0 Å². The molecule has 2 aromatic carbocycles. The number of thioether (sulfide) groups is 1. The van der Waals surface area contributed by atoms with Crippen LogP contribution in [0.2, 0.25) is 10.0 Å². The number of rotatable bonds is 7. The van der Waals surface area contributed by atoms with Crippen molar-refractivity contribution < 1.29 is 9.90 Å². The van der Waals surface area contributed by atoms with Crippen LogP contribution in [0.5, 0.6) is 5.75 Å². The van der Waals surface area contributed by atoms with Crippen LogP contribution in [0.25, 0.3) is 0 Å². The fourth-order valence-electron chi connectivity index (χ4n) is 3.32. The van der Waals surface area contributed by atoms with Crippen LogP contribution in [0.1, 0.15) is 64.7 Å². The van der Waals surface area contributed by atoms with Crippen molar-refractivity contribution in [3.05, 3.63) is 57.1 Å². The molecular weight excluding hydrogens is 449 g/mol. The third-order valence-corrected chi connectivity index (χ3v) is 6.67. The summed E-state index contributed by atoms with van der Waals surface area (Å²) in [6.45, 7) is 12.7. The summed E-state index contributed by atoms with van der Waals surface area (Å²) < 4.78 is 0. The lowest BCUT2D eigenvalue weighted by atomic mass is 9.78. The summed E-state index contributed by atoms with van der Waals surface area (Å²) in [5, 5.41) is 14.5. The third kappa shape index (κ3) is 7.34. The van der Waals surface area contributed by atoms with E-state index in [1.807, 2.05) is 0 Å². The molecule has 170 valence electrons. The lowest BCUT2D eigenvalue weighted by Gasteiger charge is -2.28. The van der Waals surface area contributed by atoms with E-state index < -0.39 is 0 Å². The summed E-state index contributed by atoms with van der Waals surface area (Å²) in [5.41, 5.74) is 3.39. The Morgan fingerprint density at radius 1 is 1.00 bits per heavy atom. The highest BCUT2D eigenvalue weighted by atomic mass is 35.5. The van der Waals surface area contributed by atoms with Crippen LogP contribution in [-0.2, 0) is 22.0 Å². The average molecular weight is 483 g/mol. The number of carbonyl (C=O) groups is 1. The van der Waals surface area contributed by atoms with E-state index in [0.717, 1.165) is 29.7 Å². The molecule has 0 fully saturated rings. The molecule has 0 aliphatic heterocycles. The van der Waals surface area contributed by atoms with Gasteiger partial charge in [0, 0.05) is 0 Å². The first-order valence-electron chi connectivity index (χ1n) is 10.5. The number of nitrogens with one attached hydrogen (secondary N) is 1. The molecule has 0 atom stereocenters. The molecule has 0 heterocycles. The number of hydrogen-bond donors (Lipinski definition) is 2. The topological polar surface area (TPSA) is 49.3 Å². The Bertz CT molecular complexity index is 875. The molecule has 0 radical (unpaired) electrons. The molecule has 6 heteroatoms. The second-order valence-electron chi connectivity index (χ2n) is 9.84. The number of para-hydroxylation sites is 1. The van der Waals surface area contributed by atoms with Gasteiger partial charge < -0.3 is 10.4 Å². The molecule has 0 aromatic heterocycles. The SMILES string of the molecule is CC(C)(C)c1cc(CCCSCC(=O)Nc2c(Cl)cccc2Cl)cc(C(C)(C)C)c1O. The summed E-state index contributed by atoms with van der Waals surface area (Å²) in [7, 11) is 0. The zero-order valence-corrected chi connectivity index (χ0v) is 21.6. The molecule has 0 aliphatic rings. The summed E-state index contributed by atoms with van der Waals surface area (Å²) >= 11 is 13.8. The van der Waals surface area contributed by atoms with Gasteiger partial charge in [-0.25, -0.2) is 0 Å². The zero-order valence-electron chi connectivity index (χ0n) is 19.2. The van der Waals surface area contributed by atoms with Gasteiger partial charge in [0.05, 0.1) is 21.5 Å². The number of aryl methyl sites for hydroxylation is 1. The maximum atomic E-state index is 12.2. The highest BCUT2D eigenvalue weighted by Gasteiger charge is 2.26. The number of carbonyl (C=O) groups excluding carboxylic acids is 1. The second kappa shape index (κ2) is 10.5. The monoisotopic (exact) mass is 481 g/mol. The Labute approximate surface area is 200 Å². The van der Waals surface area contributed by atoms with Crippen LogP contribution >= 0.6 is 35.0 Å². The van der Waals surface area contributed by atoms with Crippen molar-refractivity contribution in [2.45, 2.75) is 65.2 Å². The Balaban J connectivity index is 1.94. The van der Waals surface area contributed by atoms with Crippen molar-refractivity contribution in [2.24, 2.45) is 0 Å². The number of anilines is 1. The van der Waals surface area contributed by atoms with E-state index in [1.165, 1.54) is 5.56 Å². The van der Waals surface area contributed by atoms with Gasteiger partial charge in [0.2, 0.25) is 5.91 Å². The highest BCUT2D eigenvalue weighted by molar-refractivity contribution is 7.99. The summed E-state index contributed by atoms with van der Waals surface area (Å²) in [6.07, 6.45) is 1.85. The fourth-order valence-corrected chi connectivity index (χ4v) is 4.56. The molecule has 0 bridgehead atoms. The van der Waals surface area contributed by atoms with Crippen molar-refractivity contribution in [1.82, 2.24) is 0 Å². The van der Waals surface area contributed by atoms with Gasteiger partial charge in [-0.2, -0.15) is 11.8 Å². The fraction of sp³-hybridized carbons (Fsp3) is 0.480. The summed E-state index contributed by atoms with van der Waals surface area (Å²) in [5.74, 6) is 1.50. The van der Waals surface area contributed by atoms with E-state index in [-0.39, 0.29) is 16.7 Å². The number of phenolic OH excluding ortho intramolecular Hbond substituents is 1. The van der Waals surface area contributed by atoms with Crippen molar-refractivity contribution >= 4 is 46.6 Å². The lowest BCUT2D eigenvalue weighted by Crippen LogP contribution is -2.18. The molecule has 0 aliphatic carbocycles. The second-order valence-corrected chi connectivity index (χ2v) is 11.8. The number of aromatic hydroxyl groups is 1. The zero-order chi connectivity index (χ0) is 23.4. The standard InChI is InChI=1S/C25H33Cl2NO2S/c1-24(2,3)17-13-16(14-18(23(17)30)25(4,5)6)9-8-12-31-15-21(29)28-22-19(26)10-7-11-20(22)27/h7,10-11,13-14,30H,8-9,12,15H2,1-6H3,(H,28,29).